The van der Waals surface area contributed by atoms with Gasteiger partial charge in [-0.05, 0) is 60.0 Å². The Balaban J connectivity index is 1.31. The predicted octanol–water partition coefficient (Wildman–Crippen LogP) is 4.27. The monoisotopic (exact) mass is 456 g/mol. The topological polar surface area (TPSA) is 49.9 Å². The van der Waals surface area contributed by atoms with Crippen LogP contribution in [0.3, 0.4) is 0 Å². The highest BCUT2D eigenvalue weighted by Crippen LogP contribution is 2.23. The molecule has 34 heavy (non-hydrogen) atoms. The van der Waals surface area contributed by atoms with Crippen molar-refractivity contribution >= 4 is 29.8 Å². The third-order valence-corrected chi connectivity index (χ3v) is 6.36. The number of hydrogen-bond acceptors (Lipinski definition) is 5. The summed E-state index contributed by atoms with van der Waals surface area (Å²) in [4.78, 5) is 29.4. The van der Waals surface area contributed by atoms with Crippen LogP contribution < -0.4 is 4.74 Å². The van der Waals surface area contributed by atoms with Gasteiger partial charge in [0.25, 0.3) is 0 Å². The zero-order valence-corrected chi connectivity index (χ0v) is 20.0. The Morgan fingerprint density at radius 2 is 1.74 bits per heavy atom. The first-order chi connectivity index (χ1) is 16.5. The summed E-state index contributed by atoms with van der Waals surface area (Å²) in [6, 6.07) is 12.2. The molecule has 2 aromatic rings. The lowest BCUT2D eigenvalue weighted by Crippen LogP contribution is -2.43. The van der Waals surface area contributed by atoms with Crippen molar-refractivity contribution in [1.29, 1.82) is 0 Å². The molecular weight excluding hydrogens is 424 g/mol. The molecule has 1 aliphatic heterocycles. The summed E-state index contributed by atoms with van der Waals surface area (Å²) < 4.78 is 5.55. The van der Waals surface area contributed by atoms with Crippen LogP contribution in [0.4, 0.5) is 0 Å². The normalized spacial score (nSPS) is 16.4. The van der Waals surface area contributed by atoms with Crippen molar-refractivity contribution in [3.63, 3.8) is 0 Å². The number of methoxy groups -OCH3 is 1. The summed E-state index contributed by atoms with van der Waals surface area (Å²) in [5.41, 5.74) is 5.48. The molecule has 1 fully saturated rings. The summed E-state index contributed by atoms with van der Waals surface area (Å²) in [6.45, 7) is 5.16. The number of piperazine rings is 1. The maximum Gasteiger partial charge on any atom is 0.163 e. The number of rotatable bonds is 9. The molecule has 0 N–H and O–H groups in total. The van der Waals surface area contributed by atoms with E-state index in [0.29, 0.717) is 0 Å². The highest BCUT2D eigenvalue weighted by atomic mass is 16.5. The number of fused-ring (bicyclic) bond motifs is 1. The third-order valence-electron chi connectivity index (χ3n) is 6.36. The van der Waals surface area contributed by atoms with E-state index >= 15 is 0 Å². The van der Waals surface area contributed by atoms with E-state index in [9.17, 15) is 9.59 Å². The Bertz CT molecular complexity index is 1140. The average molecular weight is 457 g/mol. The molecule has 0 unspecified atom stereocenters. The van der Waals surface area contributed by atoms with Gasteiger partial charge in [0.15, 0.2) is 11.6 Å². The highest BCUT2D eigenvalue weighted by Gasteiger charge is 2.14. The minimum Gasteiger partial charge on any atom is -0.496 e. The Morgan fingerprint density at radius 3 is 2.50 bits per heavy atom. The number of ether oxygens (including phenoxy) is 1. The van der Waals surface area contributed by atoms with Gasteiger partial charge in [0.2, 0.25) is 0 Å². The molecule has 0 saturated carbocycles. The summed E-state index contributed by atoms with van der Waals surface area (Å²) in [7, 11) is 3.79. The van der Waals surface area contributed by atoms with Crippen LogP contribution in [0.2, 0.25) is 0 Å². The number of benzene rings is 2. The number of nitrogens with zero attached hydrogens (tertiary/aromatic N) is 2. The summed E-state index contributed by atoms with van der Waals surface area (Å²) in [5.74, 6) is 0.298. The first kappa shape index (κ1) is 23.9. The molecule has 5 heteroatoms. The van der Waals surface area contributed by atoms with Gasteiger partial charge in [-0.1, -0.05) is 48.6 Å². The second-order valence-electron chi connectivity index (χ2n) is 9.00. The van der Waals surface area contributed by atoms with Gasteiger partial charge < -0.3 is 9.64 Å². The lowest BCUT2D eigenvalue weighted by Gasteiger charge is -2.32. The fourth-order valence-corrected chi connectivity index (χ4v) is 4.30. The first-order valence-electron chi connectivity index (χ1n) is 11.8. The van der Waals surface area contributed by atoms with Crippen molar-refractivity contribution in [1.82, 2.24) is 9.80 Å². The molecule has 1 saturated heterocycles. The first-order valence-corrected chi connectivity index (χ1v) is 11.8. The van der Waals surface area contributed by atoms with E-state index in [4.69, 9.17) is 4.74 Å². The number of carbonyl (C=O) groups is 2. The quantitative estimate of drug-likeness (QED) is 0.417. The van der Waals surface area contributed by atoms with Gasteiger partial charge in [-0.2, -0.15) is 0 Å². The Labute approximate surface area is 202 Å². The second kappa shape index (κ2) is 11.2. The van der Waals surface area contributed by atoms with Crippen molar-refractivity contribution in [3.05, 3.63) is 82.4 Å². The molecule has 2 aliphatic rings. The number of allylic oxidation sites excluding steroid dienone is 3. The Hall–Kier alpha value is -3.28. The van der Waals surface area contributed by atoms with Crippen LogP contribution in [0.25, 0.3) is 18.2 Å². The maximum absolute atomic E-state index is 12.3. The number of ketones is 2. The SMILES string of the molecule is COc1cc(CN2CCN(C)CC2)ccc1/C=C/C(=O)CC(=O)/C=C/c1ccc2c(c1)CC=C2. The minimum atomic E-state index is -0.226. The molecule has 1 aliphatic carbocycles. The number of carbonyl (C=O) groups excluding carboxylic acids is 2. The van der Waals surface area contributed by atoms with Crippen LogP contribution in [0.1, 0.15) is 34.2 Å². The lowest BCUT2D eigenvalue weighted by molar-refractivity contribution is -0.121. The zero-order chi connectivity index (χ0) is 23.9. The van der Waals surface area contributed by atoms with Gasteiger partial charge in [0.05, 0.1) is 13.5 Å². The van der Waals surface area contributed by atoms with E-state index in [1.54, 1.807) is 19.3 Å². The molecule has 176 valence electrons. The summed E-state index contributed by atoms with van der Waals surface area (Å²) in [5, 5.41) is 0. The van der Waals surface area contributed by atoms with Crippen LogP contribution in [0.5, 0.6) is 5.75 Å². The fourth-order valence-electron chi connectivity index (χ4n) is 4.30. The van der Waals surface area contributed by atoms with Gasteiger partial charge in [-0.15, -0.1) is 0 Å². The van der Waals surface area contributed by atoms with Gasteiger partial charge in [0, 0.05) is 38.3 Å². The standard InChI is InChI=1S/C29H32N2O3/c1-30-14-16-31(17-15-30)21-23-7-10-25(29(19-23)34-2)11-13-28(33)20-27(32)12-8-22-6-9-24-4-3-5-26(24)18-22/h3-4,6-13,18-19H,5,14-17,20-21H2,1-2H3/b12-8+,13-11+. The van der Waals surface area contributed by atoms with E-state index in [1.165, 1.54) is 28.8 Å². The predicted molar refractivity (Wildman–Crippen MR) is 138 cm³/mol. The third kappa shape index (κ3) is 6.40. The highest BCUT2D eigenvalue weighted by molar-refractivity contribution is 6.11. The van der Waals surface area contributed by atoms with Gasteiger partial charge in [0.1, 0.15) is 5.75 Å². The lowest BCUT2D eigenvalue weighted by atomic mass is 10.0. The van der Waals surface area contributed by atoms with Crippen molar-refractivity contribution in [2.45, 2.75) is 19.4 Å². The van der Waals surface area contributed by atoms with Crippen molar-refractivity contribution in [2.75, 3.05) is 40.3 Å². The van der Waals surface area contributed by atoms with Crippen molar-refractivity contribution in [3.8, 4) is 5.75 Å². The number of hydrogen-bond donors (Lipinski definition) is 0. The van der Waals surface area contributed by atoms with Gasteiger partial charge in [-0.25, -0.2) is 0 Å². The Kier molecular flexibility index (Phi) is 7.88. The summed E-state index contributed by atoms with van der Waals surface area (Å²) in [6.07, 6.45) is 11.5. The zero-order valence-electron chi connectivity index (χ0n) is 20.0. The molecule has 0 radical (unpaired) electrons. The van der Waals surface area contributed by atoms with E-state index < -0.39 is 0 Å². The maximum atomic E-state index is 12.3. The Morgan fingerprint density at radius 1 is 0.971 bits per heavy atom. The summed E-state index contributed by atoms with van der Waals surface area (Å²) >= 11 is 0. The molecule has 0 atom stereocenters. The largest absolute Gasteiger partial charge is 0.496 e. The smallest absolute Gasteiger partial charge is 0.163 e. The molecule has 0 aromatic heterocycles. The minimum absolute atomic E-state index is 0.150. The second-order valence-corrected chi connectivity index (χ2v) is 9.00. The molecule has 0 bridgehead atoms. The fraction of sp³-hybridized carbons (Fsp3) is 0.310. The van der Waals surface area contributed by atoms with Crippen LogP contribution >= 0.6 is 0 Å². The molecule has 0 amide bonds. The van der Waals surface area contributed by atoms with E-state index in [2.05, 4.69) is 47.2 Å². The van der Waals surface area contributed by atoms with E-state index in [-0.39, 0.29) is 18.0 Å². The van der Waals surface area contributed by atoms with Crippen LogP contribution in [-0.2, 0) is 22.6 Å². The van der Waals surface area contributed by atoms with Crippen LogP contribution in [-0.4, -0.2) is 61.7 Å². The molecular formula is C29H32N2O3. The number of likely N-dealkylation sites (N-methyl/N-ethyl adjacent to an activating group) is 1. The van der Waals surface area contributed by atoms with Crippen LogP contribution in [0, 0.1) is 0 Å². The van der Waals surface area contributed by atoms with Gasteiger partial charge in [-0.3, -0.25) is 14.5 Å². The van der Waals surface area contributed by atoms with Gasteiger partial charge >= 0.3 is 0 Å². The van der Waals surface area contributed by atoms with E-state index in [1.807, 2.05) is 18.2 Å². The van der Waals surface area contributed by atoms with Crippen molar-refractivity contribution in [2.24, 2.45) is 0 Å². The molecule has 4 rings (SSSR count). The molecule has 1 heterocycles. The van der Waals surface area contributed by atoms with Crippen molar-refractivity contribution < 1.29 is 14.3 Å². The van der Waals surface area contributed by atoms with Crippen LogP contribution in [0.15, 0.2) is 54.6 Å². The average Bonchev–Trinajstić information content (AvgIpc) is 3.31. The molecule has 0 spiro atoms. The van der Waals surface area contributed by atoms with E-state index in [0.717, 1.165) is 56.0 Å². The molecule has 5 nitrogen and oxygen atoms in total. The molecule has 2 aromatic carbocycles.